The molecule has 1 aliphatic heterocycles. The van der Waals surface area contributed by atoms with Crippen molar-refractivity contribution in [3.63, 3.8) is 0 Å². The number of aromatic nitrogens is 1. The van der Waals surface area contributed by atoms with Gasteiger partial charge in [0.15, 0.2) is 0 Å². The highest BCUT2D eigenvalue weighted by Crippen LogP contribution is 2.20. The van der Waals surface area contributed by atoms with Crippen molar-refractivity contribution in [1.82, 2.24) is 10.4 Å². The third kappa shape index (κ3) is 6.14. The van der Waals surface area contributed by atoms with E-state index in [9.17, 15) is 4.79 Å². The molecule has 0 saturated carbocycles. The molecule has 1 aromatic heterocycles. The largest absolute Gasteiger partial charge is 0.366 e. The van der Waals surface area contributed by atoms with E-state index in [-0.39, 0.29) is 0 Å². The maximum Gasteiger partial charge on any atom is 0.248 e. The Morgan fingerprint density at radius 2 is 1.67 bits per heavy atom. The molecule has 0 aliphatic carbocycles. The van der Waals surface area contributed by atoms with Crippen molar-refractivity contribution in [2.45, 2.75) is 0 Å². The molecule has 3 N–H and O–H groups in total. The van der Waals surface area contributed by atoms with Crippen molar-refractivity contribution in [2.75, 3.05) is 0 Å². The number of pyridine rings is 1. The number of fused-ring (bicyclic) bond motifs is 2. The van der Waals surface area contributed by atoms with E-state index in [0.717, 1.165) is 22.2 Å². The van der Waals surface area contributed by atoms with Crippen molar-refractivity contribution in [3.05, 3.63) is 114 Å². The summed E-state index contributed by atoms with van der Waals surface area (Å²) < 4.78 is 0. The summed E-state index contributed by atoms with van der Waals surface area (Å²) in [5.41, 5.74) is 11.2. The molecule has 30 heavy (non-hydrogen) atoms. The summed E-state index contributed by atoms with van der Waals surface area (Å²) in [5.74, 6) is -0.514. The summed E-state index contributed by atoms with van der Waals surface area (Å²) in [6, 6.07) is 9.98. The molecule has 0 unspecified atom stereocenters. The van der Waals surface area contributed by atoms with Gasteiger partial charge in [-0.2, -0.15) is 5.10 Å². The quantitative estimate of drug-likeness (QED) is 0.750. The van der Waals surface area contributed by atoms with Crippen LogP contribution in [0.1, 0.15) is 11.3 Å². The van der Waals surface area contributed by atoms with Gasteiger partial charge in [0.25, 0.3) is 0 Å². The molecule has 0 radical (unpaired) electrons. The lowest BCUT2D eigenvalue weighted by atomic mass is 10.1. The normalized spacial score (nSPS) is 23.7. The second kappa shape index (κ2) is 10.9. The summed E-state index contributed by atoms with van der Waals surface area (Å²) in [6.07, 6.45) is 25.2. The van der Waals surface area contributed by atoms with Crippen LogP contribution in [-0.2, 0) is 4.79 Å². The number of primary amides is 1. The van der Waals surface area contributed by atoms with Gasteiger partial charge in [0.1, 0.15) is 0 Å². The highest BCUT2D eigenvalue weighted by molar-refractivity contribution is 5.96. The number of carbonyl (C=O) groups excluding carboxylic acids is 1. The zero-order valence-corrected chi connectivity index (χ0v) is 16.3. The molecule has 148 valence electrons. The van der Waals surface area contributed by atoms with Gasteiger partial charge < -0.3 is 5.73 Å². The molecule has 0 fully saturated rings. The molecule has 0 atom stereocenters. The van der Waals surface area contributed by atoms with Gasteiger partial charge in [0.2, 0.25) is 5.91 Å². The standard InChI is InChI=1S/C25H22N4O/c26-25(30)20-11-6-4-10-18-28-27-17-9-3-1-2-5-12-22-19-21-13-7-8-14-23(21)29-24(22)16-15-20/h1-19,28H,(H2,26,30)/b2-1-,6-4-,9-3-,12-5-,16-15-,18-10-,20-11+,27-17-. The number of benzene rings is 1. The molecule has 1 aliphatic rings. The average molecular weight is 394 g/mol. The summed E-state index contributed by atoms with van der Waals surface area (Å²) in [7, 11) is 0. The van der Waals surface area contributed by atoms with E-state index in [1.54, 1.807) is 48.9 Å². The number of rotatable bonds is 1. The molecule has 5 nitrogen and oxygen atoms in total. The molecular weight excluding hydrogens is 372 g/mol. The first-order valence-electron chi connectivity index (χ1n) is 9.44. The van der Waals surface area contributed by atoms with Crippen molar-refractivity contribution in [3.8, 4) is 0 Å². The van der Waals surface area contributed by atoms with E-state index in [0.29, 0.717) is 5.57 Å². The van der Waals surface area contributed by atoms with Crippen LogP contribution in [0.2, 0.25) is 0 Å². The Morgan fingerprint density at radius 3 is 2.57 bits per heavy atom. The zero-order chi connectivity index (χ0) is 21.0. The van der Waals surface area contributed by atoms with Gasteiger partial charge in [-0.05, 0) is 42.5 Å². The molecule has 0 spiro atoms. The second-order valence-corrected chi connectivity index (χ2v) is 6.26. The van der Waals surface area contributed by atoms with Crippen LogP contribution in [0.25, 0.3) is 23.1 Å². The molecule has 2 aromatic rings. The minimum Gasteiger partial charge on any atom is -0.366 e. The van der Waals surface area contributed by atoms with E-state index in [1.165, 1.54) is 0 Å². The summed E-state index contributed by atoms with van der Waals surface area (Å²) in [4.78, 5) is 16.6. The molecule has 2 heterocycles. The van der Waals surface area contributed by atoms with Gasteiger partial charge in [-0.1, -0.05) is 60.7 Å². The Balaban J connectivity index is 2.05. The smallest absolute Gasteiger partial charge is 0.248 e. The first-order valence-corrected chi connectivity index (χ1v) is 9.44. The molecular formula is C25H22N4O. The Bertz CT molecular complexity index is 1140. The number of hydrogen-bond acceptors (Lipinski definition) is 4. The number of nitrogens with one attached hydrogen (secondary N) is 1. The third-order valence-electron chi connectivity index (χ3n) is 4.11. The zero-order valence-electron chi connectivity index (χ0n) is 16.3. The first-order chi connectivity index (χ1) is 14.7. The van der Waals surface area contributed by atoms with E-state index in [4.69, 9.17) is 10.7 Å². The minimum atomic E-state index is -0.514. The van der Waals surface area contributed by atoms with Gasteiger partial charge in [0, 0.05) is 28.9 Å². The Labute approximate surface area is 175 Å². The van der Waals surface area contributed by atoms with Crippen molar-refractivity contribution in [2.24, 2.45) is 10.8 Å². The lowest BCUT2D eigenvalue weighted by molar-refractivity contribution is -0.114. The fourth-order valence-corrected chi connectivity index (χ4v) is 2.66. The number of nitrogens with zero attached hydrogens (tertiary/aromatic N) is 2. The van der Waals surface area contributed by atoms with Crippen LogP contribution >= 0.6 is 0 Å². The Kier molecular flexibility index (Phi) is 7.46. The molecule has 3 rings (SSSR count). The van der Waals surface area contributed by atoms with Crippen molar-refractivity contribution in [1.29, 1.82) is 0 Å². The van der Waals surface area contributed by atoms with E-state index in [1.807, 2.05) is 60.7 Å². The van der Waals surface area contributed by atoms with Gasteiger partial charge in [0.05, 0.1) is 11.2 Å². The topological polar surface area (TPSA) is 80.4 Å². The van der Waals surface area contributed by atoms with E-state index >= 15 is 0 Å². The Hall–Kier alpha value is -4.25. The van der Waals surface area contributed by atoms with Gasteiger partial charge >= 0.3 is 0 Å². The van der Waals surface area contributed by atoms with E-state index in [2.05, 4.69) is 16.6 Å². The van der Waals surface area contributed by atoms with Gasteiger partial charge in [-0.15, -0.1) is 0 Å². The molecule has 1 amide bonds. The molecule has 0 saturated heterocycles. The van der Waals surface area contributed by atoms with Crippen molar-refractivity contribution >= 4 is 35.2 Å². The number of amides is 1. The number of hydrogen-bond donors (Lipinski definition) is 2. The lowest BCUT2D eigenvalue weighted by Crippen LogP contribution is -2.12. The van der Waals surface area contributed by atoms with Gasteiger partial charge in [-0.25, -0.2) is 4.98 Å². The second-order valence-electron chi connectivity index (χ2n) is 6.26. The highest BCUT2D eigenvalue weighted by Gasteiger charge is 2.04. The number of nitrogens with two attached hydrogens (primary N) is 1. The van der Waals surface area contributed by atoms with Crippen LogP contribution in [-0.4, -0.2) is 17.1 Å². The number of para-hydroxylation sites is 1. The first kappa shape index (κ1) is 20.5. The van der Waals surface area contributed by atoms with Crippen molar-refractivity contribution < 1.29 is 4.79 Å². The minimum absolute atomic E-state index is 0.373. The third-order valence-corrected chi connectivity index (χ3v) is 4.11. The SMILES string of the molecule is NC(=O)C1=C/C=C\C=C/N\N=C/C=C\C=C/C=C\c2cc3ccccc3nc2/C=C\1. The monoisotopic (exact) mass is 394 g/mol. The predicted molar refractivity (Wildman–Crippen MR) is 125 cm³/mol. The lowest BCUT2D eigenvalue weighted by Gasteiger charge is -2.04. The van der Waals surface area contributed by atoms with Crippen LogP contribution in [0.15, 0.2) is 108 Å². The summed E-state index contributed by atoms with van der Waals surface area (Å²) in [6.45, 7) is 0. The summed E-state index contributed by atoms with van der Waals surface area (Å²) in [5, 5.41) is 5.05. The van der Waals surface area contributed by atoms with Crippen LogP contribution < -0.4 is 11.2 Å². The molecule has 1 aromatic carbocycles. The molecule has 0 bridgehead atoms. The molecule has 5 heteroatoms. The van der Waals surface area contributed by atoms with Crippen LogP contribution in [0.5, 0.6) is 0 Å². The number of carbonyl (C=O) groups is 1. The maximum absolute atomic E-state index is 11.8. The van der Waals surface area contributed by atoms with Crippen LogP contribution in [0.3, 0.4) is 0 Å². The van der Waals surface area contributed by atoms with Crippen LogP contribution in [0, 0.1) is 0 Å². The fourth-order valence-electron chi connectivity index (χ4n) is 2.66. The Morgan fingerprint density at radius 1 is 0.867 bits per heavy atom. The van der Waals surface area contributed by atoms with E-state index < -0.39 is 5.91 Å². The maximum atomic E-state index is 11.8. The number of hydrazone groups is 1. The van der Waals surface area contributed by atoms with Gasteiger partial charge in [-0.3, -0.25) is 10.2 Å². The average Bonchev–Trinajstić information content (AvgIpc) is 2.75. The highest BCUT2D eigenvalue weighted by atomic mass is 16.1. The summed E-state index contributed by atoms with van der Waals surface area (Å²) >= 11 is 0. The number of allylic oxidation sites excluding steroid dienone is 9. The predicted octanol–water partition coefficient (Wildman–Crippen LogP) is 4.44. The fraction of sp³-hybridized carbons (Fsp3) is 0. The van der Waals surface area contributed by atoms with Crippen LogP contribution in [0.4, 0.5) is 0 Å².